The molecule has 3 atom stereocenters. The normalized spacial score (nSPS) is 23.4. The second-order valence-electron chi connectivity index (χ2n) is 7.93. The molecule has 2 aliphatic carbocycles. The van der Waals surface area contributed by atoms with Crippen molar-refractivity contribution in [3.05, 3.63) is 20.8 Å². The van der Waals surface area contributed by atoms with Crippen LogP contribution in [0.1, 0.15) is 56.4 Å². The summed E-state index contributed by atoms with van der Waals surface area (Å²) in [5.41, 5.74) is 1.23. The highest BCUT2D eigenvalue weighted by Crippen LogP contribution is 2.36. The number of thiophene rings is 1. The van der Waals surface area contributed by atoms with Gasteiger partial charge in [0.15, 0.2) is 5.16 Å². The van der Waals surface area contributed by atoms with Crippen LogP contribution < -0.4 is 10.9 Å². The average molecular weight is 406 g/mol. The van der Waals surface area contributed by atoms with Crippen LogP contribution in [-0.4, -0.2) is 26.8 Å². The number of nitrogens with zero attached hydrogens (tertiary/aromatic N) is 2. The summed E-state index contributed by atoms with van der Waals surface area (Å²) in [5, 5.41) is 4.37. The van der Waals surface area contributed by atoms with E-state index in [2.05, 4.69) is 12.2 Å². The number of amides is 1. The van der Waals surface area contributed by atoms with Crippen LogP contribution in [0.2, 0.25) is 0 Å². The topological polar surface area (TPSA) is 64.0 Å². The van der Waals surface area contributed by atoms with Gasteiger partial charge in [0.1, 0.15) is 4.83 Å². The lowest BCUT2D eigenvalue weighted by Gasteiger charge is -2.30. The lowest BCUT2D eigenvalue weighted by atomic mass is 9.86. The number of rotatable bonds is 4. The van der Waals surface area contributed by atoms with E-state index < -0.39 is 0 Å². The predicted octanol–water partition coefficient (Wildman–Crippen LogP) is 3.66. The summed E-state index contributed by atoms with van der Waals surface area (Å²) in [4.78, 5) is 32.5. The zero-order chi connectivity index (χ0) is 19.1. The average Bonchev–Trinajstić information content (AvgIpc) is 3.22. The van der Waals surface area contributed by atoms with Crippen molar-refractivity contribution in [2.45, 2.75) is 75.2 Å². The highest BCUT2D eigenvalue weighted by atomic mass is 32.2. The first-order chi connectivity index (χ1) is 13.0. The van der Waals surface area contributed by atoms with Crippen LogP contribution >= 0.6 is 23.1 Å². The Morgan fingerprint density at radius 3 is 2.85 bits per heavy atom. The Balaban J connectivity index is 1.53. The van der Waals surface area contributed by atoms with Gasteiger partial charge in [-0.15, -0.1) is 11.3 Å². The maximum absolute atomic E-state index is 12.9. The minimum Gasteiger partial charge on any atom is -0.352 e. The van der Waals surface area contributed by atoms with Crippen molar-refractivity contribution in [1.82, 2.24) is 14.9 Å². The van der Waals surface area contributed by atoms with Gasteiger partial charge in [0, 0.05) is 18.0 Å². The smallest absolute Gasteiger partial charge is 0.262 e. The van der Waals surface area contributed by atoms with Gasteiger partial charge in [-0.3, -0.25) is 14.2 Å². The lowest BCUT2D eigenvalue weighted by molar-refractivity contribution is -0.121. The van der Waals surface area contributed by atoms with E-state index in [-0.39, 0.29) is 22.8 Å². The van der Waals surface area contributed by atoms with Crippen molar-refractivity contribution in [2.24, 2.45) is 13.0 Å². The maximum Gasteiger partial charge on any atom is 0.262 e. The Labute approximate surface area is 167 Å². The molecule has 146 valence electrons. The Morgan fingerprint density at radius 2 is 2.07 bits per heavy atom. The molecule has 2 aromatic rings. The molecule has 0 spiro atoms. The molecular weight excluding hydrogens is 378 g/mol. The molecule has 1 fully saturated rings. The van der Waals surface area contributed by atoms with E-state index >= 15 is 0 Å². The van der Waals surface area contributed by atoms with Crippen molar-refractivity contribution in [1.29, 1.82) is 0 Å². The van der Waals surface area contributed by atoms with Gasteiger partial charge in [0.25, 0.3) is 5.56 Å². The van der Waals surface area contributed by atoms with Crippen LogP contribution in [-0.2, 0) is 24.7 Å². The van der Waals surface area contributed by atoms with E-state index in [0.29, 0.717) is 11.1 Å². The number of hydrogen-bond acceptors (Lipinski definition) is 5. The molecule has 0 aliphatic heterocycles. The van der Waals surface area contributed by atoms with Crippen molar-refractivity contribution in [2.75, 3.05) is 0 Å². The number of carbonyl (C=O) groups is 1. The summed E-state index contributed by atoms with van der Waals surface area (Å²) in [6, 6.07) is 0.272. The van der Waals surface area contributed by atoms with E-state index in [1.165, 1.54) is 41.5 Å². The van der Waals surface area contributed by atoms with E-state index in [9.17, 15) is 9.59 Å². The van der Waals surface area contributed by atoms with Crippen LogP contribution in [0.15, 0.2) is 9.95 Å². The fourth-order valence-electron chi connectivity index (χ4n) is 4.25. The summed E-state index contributed by atoms with van der Waals surface area (Å²) in [6.07, 6.45) is 7.86. The molecule has 5 nitrogen and oxygen atoms in total. The predicted molar refractivity (Wildman–Crippen MR) is 112 cm³/mol. The number of aromatic nitrogens is 2. The summed E-state index contributed by atoms with van der Waals surface area (Å²) in [6.45, 7) is 4.12. The van der Waals surface area contributed by atoms with Crippen LogP contribution in [0.5, 0.6) is 0 Å². The molecule has 2 aliphatic rings. The van der Waals surface area contributed by atoms with Crippen LogP contribution in [0.25, 0.3) is 10.2 Å². The van der Waals surface area contributed by atoms with Gasteiger partial charge in [0.2, 0.25) is 5.91 Å². The third-order valence-corrected chi connectivity index (χ3v) is 8.33. The van der Waals surface area contributed by atoms with Crippen molar-refractivity contribution in [3.63, 3.8) is 0 Å². The maximum atomic E-state index is 12.9. The standard InChI is InChI=1S/C20H27N3O2S2/c1-11-7-4-5-9-14(11)21-17(24)12(2)26-20-22-18-16(19(25)23(20)3)13-8-6-10-15(13)27-18/h11-12,14H,4-10H2,1-3H3,(H,21,24). The van der Waals surface area contributed by atoms with Gasteiger partial charge in [0.05, 0.1) is 10.6 Å². The first-order valence-corrected chi connectivity index (χ1v) is 11.6. The Hall–Kier alpha value is -1.34. The number of nitrogens with one attached hydrogen (secondary N) is 1. The second kappa shape index (κ2) is 7.59. The zero-order valence-electron chi connectivity index (χ0n) is 16.2. The quantitative estimate of drug-likeness (QED) is 0.623. The van der Waals surface area contributed by atoms with Crippen molar-refractivity contribution < 1.29 is 4.79 Å². The van der Waals surface area contributed by atoms with Crippen LogP contribution in [0.3, 0.4) is 0 Å². The van der Waals surface area contributed by atoms with E-state index in [4.69, 9.17) is 4.98 Å². The molecule has 2 heterocycles. The highest BCUT2D eigenvalue weighted by molar-refractivity contribution is 8.00. The second-order valence-corrected chi connectivity index (χ2v) is 10.3. The minimum absolute atomic E-state index is 0.0235. The molecule has 1 saturated carbocycles. The molecule has 27 heavy (non-hydrogen) atoms. The van der Waals surface area contributed by atoms with Gasteiger partial charge in [-0.1, -0.05) is 31.5 Å². The SMILES string of the molecule is CC(Sc1nc2sc3c(c2c(=O)n1C)CCC3)C(=O)NC1CCCCC1C. The summed E-state index contributed by atoms with van der Waals surface area (Å²) in [7, 11) is 1.77. The first-order valence-electron chi connectivity index (χ1n) is 9.94. The van der Waals surface area contributed by atoms with Gasteiger partial charge >= 0.3 is 0 Å². The Kier molecular flexibility index (Phi) is 5.34. The number of thioether (sulfide) groups is 1. The Bertz CT molecular complexity index is 933. The van der Waals surface area contributed by atoms with Crippen molar-refractivity contribution in [3.8, 4) is 0 Å². The van der Waals surface area contributed by atoms with E-state index in [1.807, 2.05) is 6.92 Å². The fraction of sp³-hybridized carbons (Fsp3) is 0.650. The molecule has 0 bridgehead atoms. The molecule has 1 N–H and O–H groups in total. The molecule has 7 heteroatoms. The molecule has 0 saturated heterocycles. The molecule has 0 radical (unpaired) electrons. The van der Waals surface area contributed by atoms with E-state index in [1.54, 1.807) is 23.0 Å². The minimum atomic E-state index is -0.276. The number of carbonyl (C=O) groups excluding carboxylic acids is 1. The lowest BCUT2D eigenvalue weighted by Crippen LogP contribution is -2.44. The number of fused-ring (bicyclic) bond motifs is 3. The highest BCUT2D eigenvalue weighted by Gasteiger charge is 2.27. The number of hydrogen-bond donors (Lipinski definition) is 1. The zero-order valence-corrected chi connectivity index (χ0v) is 17.8. The summed E-state index contributed by atoms with van der Waals surface area (Å²) >= 11 is 3.03. The molecule has 1 amide bonds. The molecule has 4 rings (SSSR count). The van der Waals surface area contributed by atoms with Gasteiger partial charge in [-0.25, -0.2) is 4.98 Å². The van der Waals surface area contributed by atoms with Crippen molar-refractivity contribution >= 4 is 39.2 Å². The fourth-order valence-corrected chi connectivity index (χ4v) is 6.44. The van der Waals surface area contributed by atoms with E-state index in [0.717, 1.165) is 35.9 Å². The molecular formula is C20H27N3O2S2. The first kappa shape index (κ1) is 19.0. The Morgan fingerprint density at radius 1 is 1.30 bits per heavy atom. The summed E-state index contributed by atoms with van der Waals surface area (Å²) in [5.74, 6) is 0.578. The van der Waals surface area contributed by atoms with Crippen LogP contribution in [0, 0.1) is 5.92 Å². The monoisotopic (exact) mass is 405 g/mol. The third-order valence-electron chi connectivity index (χ3n) is 6.00. The molecule has 2 aromatic heterocycles. The van der Waals surface area contributed by atoms with Gasteiger partial charge < -0.3 is 5.32 Å². The summed E-state index contributed by atoms with van der Waals surface area (Å²) < 4.78 is 1.62. The largest absolute Gasteiger partial charge is 0.352 e. The molecule has 3 unspecified atom stereocenters. The molecule has 0 aromatic carbocycles. The van der Waals surface area contributed by atoms with Crippen LogP contribution in [0.4, 0.5) is 0 Å². The number of aryl methyl sites for hydroxylation is 2. The van der Waals surface area contributed by atoms with Gasteiger partial charge in [-0.2, -0.15) is 0 Å². The third kappa shape index (κ3) is 3.56. The van der Waals surface area contributed by atoms with Gasteiger partial charge in [-0.05, 0) is 50.5 Å².